The molecule has 4 nitrogen and oxygen atoms in total. The Balaban J connectivity index is 1.90. The molecule has 0 aliphatic heterocycles. The van der Waals surface area contributed by atoms with Gasteiger partial charge in [-0.1, -0.05) is 24.3 Å². The van der Waals surface area contributed by atoms with Crippen LogP contribution in [0.2, 0.25) is 0 Å². The summed E-state index contributed by atoms with van der Waals surface area (Å²) in [6, 6.07) is 8.61. The first-order chi connectivity index (χ1) is 19.9. The summed E-state index contributed by atoms with van der Waals surface area (Å²) in [7, 11) is 3.44. The second kappa shape index (κ2) is 11.1. The predicted molar refractivity (Wildman–Crippen MR) is 171 cm³/mol. The van der Waals surface area contributed by atoms with Crippen LogP contribution in [0.25, 0.3) is 0 Å². The van der Waals surface area contributed by atoms with Gasteiger partial charge in [-0.25, -0.2) is 0 Å². The summed E-state index contributed by atoms with van der Waals surface area (Å²) in [6.45, 7) is 16.9. The van der Waals surface area contributed by atoms with E-state index in [0.717, 1.165) is 89.4 Å². The van der Waals surface area contributed by atoms with Crippen molar-refractivity contribution in [2.24, 2.45) is 0 Å². The molecule has 0 unspecified atom stereocenters. The molecular weight excluding hydrogens is 520 g/mol. The van der Waals surface area contributed by atoms with Gasteiger partial charge in [0.05, 0.1) is 14.2 Å². The number of methoxy groups -OCH3 is 2. The van der Waals surface area contributed by atoms with Gasteiger partial charge < -0.3 is 19.7 Å². The van der Waals surface area contributed by atoms with Gasteiger partial charge in [0, 0.05) is 47.9 Å². The van der Waals surface area contributed by atoms with Crippen LogP contribution in [0.1, 0.15) is 89.0 Å². The molecule has 0 radical (unpaired) electrons. The van der Waals surface area contributed by atoms with Crippen molar-refractivity contribution in [1.29, 1.82) is 0 Å². The minimum Gasteiger partial charge on any atom is -0.507 e. The first-order valence-corrected chi connectivity index (χ1v) is 14.8. The third-order valence-electron chi connectivity index (χ3n) is 9.93. The Hall–Kier alpha value is -3.92. The minimum atomic E-state index is 0.339. The Morgan fingerprint density at radius 3 is 1.00 bits per heavy atom. The number of phenols is 2. The quantitative estimate of drug-likeness (QED) is 0.227. The number of aromatic hydroxyl groups is 2. The molecule has 1 aliphatic rings. The van der Waals surface area contributed by atoms with Gasteiger partial charge in [0.15, 0.2) is 0 Å². The number of fused-ring (bicyclic) bond motifs is 8. The first kappa shape index (κ1) is 29.6. The summed E-state index contributed by atoms with van der Waals surface area (Å²) in [5, 5.41) is 23.7. The molecule has 4 aromatic rings. The van der Waals surface area contributed by atoms with Crippen molar-refractivity contribution in [3.05, 3.63) is 113 Å². The Labute approximate surface area is 251 Å². The van der Waals surface area contributed by atoms with Gasteiger partial charge in [-0.15, -0.1) is 0 Å². The van der Waals surface area contributed by atoms with E-state index < -0.39 is 0 Å². The van der Waals surface area contributed by atoms with Crippen LogP contribution in [0.4, 0.5) is 0 Å². The predicted octanol–water partition coefficient (Wildman–Crippen LogP) is 8.26. The minimum absolute atomic E-state index is 0.339. The van der Waals surface area contributed by atoms with Crippen molar-refractivity contribution >= 4 is 0 Å². The third-order valence-corrected chi connectivity index (χ3v) is 9.93. The molecule has 220 valence electrons. The largest absolute Gasteiger partial charge is 0.507 e. The fraction of sp³-hybridized carbons (Fsp3) is 0.368. The van der Waals surface area contributed by atoms with Crippen molar-refractivity contribution in [1.82, 2.24) is 0 Å². The van der Waals surface area contributed by atoms with Crippen molar-refractivity contribution in [2.75, 3.05) is 14.2 Å². The SMILES string of the molecule is COc1c2cc(C)c(C)c1Cc1cc(C)c(C)c(c1O)Cc1cc(C)c(C)c(c1OC)Cc1cc(C)c(C)c(c1O)C2. The van der Waals surface area contributed by atoms with E-state index in [0.29, 0.717) is 37.2 Å². The summed E-state index contributed by atoms with van der Waals surface area (Å²) < 4.78 is 12.2. The number of benzene rings is 4. The van der Waals surface area contributed by atoms with Gasteiger partial charge in [0.2, 0.25) is 0 Å². The third kappa shape index (κ3) is 4.81. The fourth-order valence-corrected chi connectivity index (χ4v) is 6.83. The van der Waals surface area contributed by atoms with E-state index in [1.807, 2.05) is 0 Å². The molecule has 8 bridgehead atoms. The summed E-state index contributed by atoms with van der Waals surface area (Å²) in [6.07, 6.45) is 2.18. The van der Waals surface area contributed by atoms with Gasteiger partial charge >= 0.3 is 0 Å². The number of ether oxygens (including phenoxy) is 2. The summed E-state index contributed by atoms with van der Waals surface area (Å²) >= 11 is 0. The highest BCUT2D eigenvalue weighted by atomic mass is 16.5. The number of aryl methyl sites for hydroxylation is 4. The van der Waals surface area contributed by atoms with Crippen molar-refractivity contribution in [3.8, 4) is 23.0 Å². The van der Waals surface area contributed by atoms with Gasteiger partial charge in [-0.3, -0.25) is 0 Å². The van der Waals surface area contributed by atoms with Crippen LogP contribution in [-0.4, -0.2) is 24.4 Å². The molecule has 0 heterocycles. The van der Waals surface area contributed by atoms with Crippen molar-refractivity contribution in [2.45, 2.75) is 81.1 Å². The van der Waals surface area contributed by atoms with E-state index in [1.165, 1.54) is 11.1 Å². The van der Waals surface area contributed by atoms with E-state index in [-0.39, 0.29) is 0 Å². The maximum absolute atomic E-state index is 11.8. The van der Waals surface area contributed by atoms with E-state index in [4.69, 9.17) is 9.47 Å². The van der Waals surface area contributed by atoms with Crippen molar-refractivity contribution in [3.63, 3.8) is 0 Å². The van der Waals surface area contributed by atoms with E-state index in [2.05, 4.69) is 79.7 Å². The van der Waals surface area contributed by atoms with Crippen LogP contribution >= 0.6 is 0 Å². The molecule has 0 atom stereocenters. The summed E-state index contributed by atoms with van der Waals surface area (Å²) in [4.78, 5) is 0. The second-order valence-corrected chi connectivity index (χ2v) is 12.3. The highest BCUT2D eigenvalue weighted by Gasteiger charge is 2.25. The van der Waals surface area contributed by atoms with Gasteiger partial charge in [-0.05, 0) is 122 Å². The molecule has 0 saturated carbocycles. The van der Waals surface area contributed by atoms with Crippen LogP contribution in [0, 0.1) is 55.4 Å². The zero-order valence-electron chi connectivity index (χ0n) is 26.8. The number of rotatable bonds is 2. The molecule has 2 N–H and O–H groups in total. The number of hydrogen-bond donors (Lipinski definition) is 2. The maximum atomic E-state index is 11.8. The zero-order chi connectivity index (χ0) is 30.6. The fourth-order valence-electron chi connectivity index (χ4n) is 6.83. The lowest BCUT2D eigenvalue weighted by atomic mass is 9.84. The van der Waals surface area contributed by atoms with E-state index in [9.17, 15) is 10.2 Å². The second-order valence-electron chi connectivity index (χ2n) is 12.3. The Bertz CT molecular complexity index is 1610. The molecule has 0 saturated heterocycles. The van der Waals surface area contributed by atoms with Gasteiger partial charge in [0.1, 0.15) is 23.0 Å². The standard InChI is InChI=1S/C38H44O4/c1-19-11-27-15-33-25(7)22(4)14-30(38(33)42-10)18-32-24(6)20(2)12-28(36(32)40)16-34-26(8)21(3)13-29(37(34)41-9)17-31(23(19)5)35(27)39/h11-14,39-40H,15-18H2,1-10H3. The normalized spacial score (nSPS) is 12.8. The maximum Gasteiger partial charge on any atom is 0.126 e. The molecule has 4 aromatic carbocycles. The molecule has 1 aliphatic carbocycles. The molecular formula is C38H44O4. The molecule has 0 fully saturated rings. The molecule has 4 heteroatoms. The smallest absolute Gasteiger partial charge is 0.126 e. The van der Waals surface area contributed by atoms with E-state index in [1.54, 1.807) is 14.2 Å². The zero-order valence-corrected chi connectivity index (χ0v) is 26.8. The van der Waals surface area contributed by atoms with Crippen LogP contribution in [0.3, 0.4) is 0 Å². The lowest BCUT2D eigenvalue weighted by Gasteiger charge is -2.24. The van der Waals surface area contributed by atoms with Crippen LogP contribution < -0.4 is 9.47 Å². The Morgan fingerprint density at radius 2 is 0.690 bits per heavy atom. The Kier molecular flexibility index (Phi) is 7.78. The topological polar surface area (TPSA) is 58.9 Å². The molecule has 0 spiro atoms. The highest BCUT2D eigenvalue weighted by Crippen LogP contribution is 2.42. The Morgan fingerprint density at radius 1 is 0.429 bits per heavy atom. The molecule has 0 amide bonds. The van der Waals surface area contributed by atoms with Crippen LogP contribution in [0.5, 0.6) is 23.0 Å². The lowest BCUT2D eigenvalue weighted by Crippen LogP contribution is -2.09. The van der Waals surface area contributed by atoms with Gasteiger partial charge in [-0.2, -0.15) is 0 Å². The average Bonchev–Trinajstić information content (AvgIpc) is 2.95. The van der Waals surface area contributed by atoms with E-state index >= 15 is 0 Å². The van der Waals surface area contributed by atoms with Crippen LogP contribution in [-0.2, 0) is 25.7 Å². The summed E-state index contributed by atoms with van der Waals surface area (Å²) in [5.41, 5.74) is 16.9. The average molecular weight is 565 g/mol. The lowest BCUT2D eigenvalue weighted by molar-refractivity contribution is 0.403. The van der Waals surface area contributed by atoms with Crippen molar-refractivity contribution < 1.29 is 19.7 Å². The molecule has 42 heavy (non-hydrogen) atoms. The molecule has 5 rings (SSSR count). The number of hydrogen-bond acceptors (Lipinski definition) is 4. The molecule has 0 aromatic heterocycles. The highest BCUT2D eigenvalue weighted by molar-refractivity contribution is 5.62. The monoisotopic (exact) mass is 564 g/mol. The number of phenolic OH excluding ortho intramolecular Hbond substituents is 2. The van der Waals surface area contributed by atoms with Gasteiger partial charge in [0.25, 0.3) is 0 Å². The van der Waals surface area contributed by atoms with Crippen LogP contribution in [0.15, 0.2) is 24.3 Å². The summed E-state index contributed by atoms with van der Waals surface area (Å²) in [5.74, 6) is 2.32. The first-order valence-electron chi connectivity index (χ1n) is 14.8.